The third-order valence-electron chi connectivity index (χ3n) is 4.46. The van der Waals surface area contributed by atoms with Crippen LogP contribution in [0, 0.1) is 5.95 Å². The molecule has 0 saturated carbocycles. The minimum atomic E-state index is -0.498. The van der Waals surface area contributed by atoms with Crippen LogP contribution in [0.4, 0.5) is 10.2 Å². The molecule has 0 unspecified atom stereocenters. The Hall–Kier alpha value is -3.42. The van der Waals surface area contributed by atoms with Crippen LogP contribution in [0.25, 0.3) is 11.0 Å². The molecule has 0 aliphatic rings. The predicted octanol–water partition coefficient (Wildman–Crippen LogP) is 3.61. The Balaban J connectivity index is 1.44. The van der Waals surface area contributed by atoms with E-state index in [4.69, 9.17) is 0 Å². The molecule has 0 fully saturated rings. The summed E-state index contributed by atoms with van der Waals surface area (Å²) in [6.07, 6.45) is 9.00. The Morgan fingerprint density at radius 2 is 1.89 bits per heavy atom. The van der Waals surface area contributed by atoms with Crippen LogP contribution in [-0.4, -0.2) is 29.9 Å². The van der Waals surface area contributed by atoms with E-state index in [2.05, 4.69) is 35.2 Å². The molecule has 28 heavy (non-hydrogen) atoms. The molecule has 0 amide bonds. The highest BCUT2D eigenvalue weighted by Crippen LogP contribution is 2.20. The molecule has 0 aliphatic heterocycles. The molecule has 8 heteroatoms. The highest BCUT2D eigenvalue weighted by atomic mass is 19.1. The minimum absolute atomic E-state index is 0.286. The van der Waals surface area contributed by atoms with Gasteiger partial charge in [0.25, 0.3) is 0 Å². The molecular formula is C20H20FN7. The summed E-state index contributed by atoms with van der Waals surface area (Å²) in [5.41, 5.74) is 3.09. The lowest BCUT2D eigenvalue weighted by Gasteiger charge is -2.09. The van der Waals surface area contributed by atoms with Gasteiger partial charge in [-0.2, -0.15) is 4.39 Å². The van der Waals surface area contributed by atoms with Crippen LogP contribution in [0.2, 0.25) is 0 Å². The second-order valence-electron chi connectivity index (χ2n) is 6.88. The van der Waals surface area contributed by atoms with Gasteiger partial charge in [0.15, 0.2) is 0 Å². The summed E-state index contributed by atoms with van der Waals surface area (Å²) in [5, 5.41) is 3.99. The van der Waals surface area contributed by atoms with Gasteiger partial charge >= 0.3 is 0 Å². The lowest BCUT2D eigenvalue weighted by molar-refractivity contribution is 0.571. The van der Waals surface area contributed by atoms with Crippen LogP contribution in [-0.2, 0) is 13.0 Å². The maximum Gasteiger partial charge on any atom is 0.218 e. The fourth-order valence-corrected chi connectivity index (χ4v) is 2.90. The molecule has 0 saturated heterocycles. The van der Waals surface area contributed by atoms with Gasteiger partial charge < -0.3 is 10.3 Å². The first-order valence-corrected chi connectivity index (χ1v) is 9.06. The number of aromatic amines is 1. The van der Waals surface area contributed by atoms with Crippen molar-refractivity contribution in [3.8, 4) is 0 Å². The van der Waals surface area contributed by atoms with E-state index in [0.29, 0.717) is 24.3 Å². The van der Waals surface area contributed by atoms with Gasteiger partial charge in [-0.3, -0.25) is 0 Å². The van der Waals surface area contributed by atoms with Crippen molar-refractivity contribution < 1.29 is 4.39 Å². The average molecular weight is 377 g/mol. The minimum Gasteiger partial charge on any atom is -0.366 e. The molecule has 0 spiro atoms. The van der Waals surface area contributed by atoms with Crippen LogP contribution < -0.4 is 5.32 Å². The van der Waals surface area contributed by atoms with E-state index in [1.807, 2.05) is 20.0 Å². The molecule has 7 nitrogen and oxygen atoms in total. The molecular weight excluding hydrogens is 357 g/mol. The molecule has 4 rings (SSSR count). The Bertz CT molecular complexity index is 1090. The van der Waals surface area contributed by atoms with E-state index in [1.165, 1.54) is 6.33 Å². The number of hydrogen-bond acceptors (Lipinski definition) is 6. The predicted molar refractivity (Wildman–Crippen MR) is 104 cm³/mol. The molecule has 0 atom stereocenters. The number of H-pyrrole nitrogens is 1. The van der Waals surface area contributed by atoms with Crippen molar-refractivity contribution in [2.75, 3.05) is 5.32 Å². The monoisotopic (exact) mass is 377 g/mol. The SMILES string of the molecule is CC(C)c1ncc(CNc2ccc(Cc3c[nH]c4ncncc34)c(F)n2)cn1. The summed E-state index contributed by atoms with van der Waals surface area (Å²) in [7, 11) is 0. The topological polar surface area (TPSA) is 92.3 Å². The van der Waals surface area contributed by atoms with E-state index in [0.717, 1.165) is 28.0 Å². The van der Waals surface area contributed by atoms with E-state index in [1.54, 1.807) is 30.7 Å². The van der Waals surface area contributed by atoms with Gasteiger partial charge in [-0.15, -0.1) is 0 Å². The maximum absolute atomic E-state index is 14.5. The summed E-state index contributed by atoms with van der Waals surface area (Å²) >= 11 is 0. The maximum atomic E-state index is 14.5. The van der Waals surface area contributed by atoms with E-state index in [9.17, 15) is 4.39 Å². The number of fused-ring (bicyclic) bond motifs is 1. The van der Waals surface area contributed by atoms with Crippen LogP contribution in [0.5, 0.6) is 0 Å². The van der Waals surface area contributed by atoms with Crippen LogP contribution in [0.15, 0.2) is 43.2 Å². The zero-order chi connectivity index (χ0) is 19.5. The lowest BCUT2D eigenvalue weighted by atomic mass is 10.1. The van der Waals surface area contributed by atoms with Crippen molar-refractivity contribution in [2.24, 2.45) is 0 Å². The number of anilines is 1. The molecule has 0 radical (unpaired) electrons. The summed E-state index contributed by atoms with van der Waals surface area (Å²) in [6.45, 7) is 4.57. The molecule has 4 heterocycles. The van der Waals surface area contributed by atoms with Gasteiger partial charge in [0.05, 0.1) is 0 Å². The summed E-state index contributed by atoms with van der Waals surface area (Å²) < 4.78 is 14.5. The van der Waals surface area contributed by atoms with Crippen LogP contribution in [0.3, 0.4) is 0 Å². The highest BCUT2D eigenvalue weighted by molar-refractivity contribution is 5.78. The summed E-state index contributed by atoms with van der Waals surface area (Å²) in [5.74, 6) is 1.06. The van der Waals surface area contributed by atoms with Crippen LogP contribution >= 0.6 is 0 Å². The van der Waals surface area contributed by atoms with Gasteiger partial charge in [-0.1, -0.05) is 19.9 Å². The third kappa shape index (κ3) is 3.80. The largest absolute Gasteiger partial charge is 0.366 e. The quantitative estimate of drug-likeness (QED) is 0.499. The summed E-state index contributed by atoms with van der Waals surface area (Å²) in [6, 6.07) is 3.51. The van der Waals surface area contributed by atoms with E-state index < -0.39 is 5.95 Å². The number of rotatable bonds is 6. The lowest BCUT2D eigenvalue weighted by Crippen LogP contribution is -2.06. The van der Waals surface area contributed by atoms with E-state index >= 15 is 0 Å². The average Bonchev–Trinajstić information content (AvgIpc) is 3.11. The Morgan fingerprint density at radius 1 is 1.07 bits per heavy atom. The number of halogens is 1. The van der Waals surface area contributed by atoms with Crippen molar-refractivity contribution in [3.05, 3.63) is 71.7 Å². The molecule has 0 bridgehead atoms. The van der Waals surface area contributed by atoms with Gasteiger partial charge in [-0.05, 0) is 11.6 Å². The third-order valence-corrected chi connectivity index (χ3v) is 4.46. The van der Waals surface area contributed by atoms with E-state index in [-0.39, 0.29) is 5.92 Å². The molecule has 2 N–H and O–H groups in total. The normalized spacial score (nSPS) is 11.3. The number of hydrogen-bond donors (Lipinski definition) is 2. The fraction of sp³-hybridized carbons (Fsp3) is 0.250. The fourth-order valence-electron chi connectivity index (χ4n) is 2.90. The van der Waals surface area contributed by atoms with Gasteiger partial charge in [-0.25, -0.2) is 24.9 Å². The van der Waals surface area contributed by atoms with Crippen molar-refractivity contribution in [1.82, 2.24) is 29.9 Å². The first-order chi connectivity index (χ1) is 13.6. The number of aromatic nitrogens is 6. The Morgan fingerprint density at radius 3 is 2.64 bits per heavy atom. The standard InChI is InChI=1S/C20H20FN7/c1-12(2)19-24-7-13(8-25-19)6-23-17-4-3-14(18(21)28-17)5-15-9-26-20-16(15)10-22-11-27-20/h3-4,7-12H,5-6H2,1-2H3,(H,23,28)(H,22,26,27). The molecule has 0 aliphatic carbocycles. The summed E-state index contributed by atoms with van der Waals surface area (Å²) in [4.78, 5) is 23.9. The van der Waals surface area contributed by atoms with Crippen molar-refractivity contribution in [1.29, 1.82) is 0 Å². The zero-order valence-corrected chi connectivity index (χ0v) is 15.6. The number of nitrogens with one attached hydrogen (secondary N) is 2. The highest BCUT2D eigenvalue weighted by Gasteiger charge is 2.11. The first kappa shape index (κ1) is 18.0. The smallest absolute Gasteiger partial charge is 0.218 e. The second-order valence-corrected chi connectivity index (χ2v) is 6.88. The molecule has 142 valence electrons. The van der Waals surface area contributed by atoms with Crippen molar-refractivity contribution in [3.63, 3.8) is 0 Å². The molecule has 4 aromatic rings. The van der Waals surface area contributed by atoms with Crippen molar-refractivity contribution in [2.45, 2.75) is 32.7 Å². The number of nitrogens with zero attached hydrogens (tertiary/aromatic N) is 5. The first-order valence-electron chi connectivity index (χ1n) is 9.06. The Labute approximate surface area is 161 Å². The second kappa shape index (κ2) is 7.67. The molecule has 4 aromatic heterocycles. The van der Waals surface area contributed by atoms with Crippen LogP contribution in [0.1, 0.15) is 42.3 Å². The number of pyridine rings is 1. The Kier molecular flexibility index (Phi) is 4.92. The van der Waals surface area contributed by atoms with Gasteiger partial charge in [0.1, 0.15) is 23.6 Å². The molecule has 0 aromatic carbocycles. The van der Waals surface area contributed by atoms with Gasteiger partial charge in [0, 0.05) is 60.2 Å². The zero-order valence-electron chi connectivity index (χ0n) is 15.6. The van der Waals surface area contributed by atoms with Crippen molar-refractivity contribution >= 4 is 16.9 Å². The van der Waals surface area contributed by atoms with Gasteiger partial charge in [0.2, 0.25) is 5.95 Å².